The molecule has 0 aliphatic carbocycles. The fourth-order valence-corrected chi connectivity index (χ4v) is 2.81. The van der Waals surface area contributed by atoms with Crippen molar-refractivity contribution >= 4 is 33.7 Å². The lowest BCUT2D eigenvalue weighted by Gasteiger charge is -2.15. The van der Waals surface area contributed by atoms with Crippen molar-refractivity contribution in [1.29, 1.82) is 0 Å². The van der Waals surface area contributed by atoms with Gasteiger partial charge in [0.05, 0.1) is 24.8 Å². The van der Waals surface area contributed by atoms with Gasteiger partial charge in [0.1, 0.15) is 17.1 Å². The van der Waals surface area contributed by atoms with Crippen LogP contribution in [0, 0.1) is 5.92 Å². The molecule has 0 bridgehead atoms. The number of halogens is 1. The number of carbonyl (C=O) groups excluding carboxylic acids is 3. The first-order chi connectivity index (χ1) is 13.2. The van der Waals surface area contributed by atoms with E-state index in [1.807, 2.05) is 13.8 Å². The van der Waals surface area contributed by atoms with Crippen LogP contribution in [0.25, 0.3) is 0 Å². The molecule has 0 unspecified atom stereocenters. The largest absolute Gasteiger partial charge is 0.507 e. The van der Waals surface area contributed by atoms with Crippen molar-refractivity contribution in [2.75, 3.05) is 13.7 Å². The molecular formula is C20H19BrO7. The standard InChI is InChI=1S/C20H19BrO7/c1-10(2)9-28-20(26)17-15(23)7-5-12(16(17)19(25)27-3)18(24)13-8-11(21)4-6-14(13)22/h4-8,10,22-23H,9H2,1-3H3. The van der Waals surface area contributed by atoms with Gasteiger partial charge in [0, 0.05) is 10.0 Å². The van der Waals surface area contributed by atoms with E-state index in [2.05, 4.69) is 15.9 Å². The van der Waals surface area contributed by atoms with Gasteiger partial charge in [-0.05, 0) is 36.2 Å². The Bertz CT molecular complexity index is 934. The second kappa shape index (κ2) is 8.88. The fourth-order valence-electron chi connectivity index (χ4n) is 2.45. The van der Waals surface area contributed by atoms with Crippen molar-refractivity contribution in [3.05, 3.63) is 57.1 Å². The highest BCUT2D eigenvalue weighted by molar-refractivity contribution is 9.10. The number of aromatic hydroxyl groups is 2. The van der Waals surface area contributed by atoms with Crippen LogP contribution in [0.3, 0.4) is 0 Å². The molecule has 0 amide bonds. The molecule has 0 aromatic heterocycles. The van der Waals surface area contributed by atoms with E-state index < -0.39 is 34.6 Å². The number of phenols is 2. The van der Waals surface area contributed by atoms with Crippen LogP contribution in [0.15, 0.2) is 34.8 Å². The monoisotopic (exact) mass is 450 g/mol. The third kappa shape index (κ3) is 4.51. The average Bonchev–Trinajstić information content (AvgIpc) is 2.66. The maximum atomic E-state index is 13.0. The van der Waals surface area contributed by atoms with E-state index in [0.717, 1.165) is 13.2 Å². The van der Waals surface area contributed by atoms with Gasteiger partial charge in [0.25, 0.3) is 0 Å². The molecule has 8 heteroatoms. The number of ether oxygens (including phenoxy) is 2. The first-order valence-corrected chi connectivity index (χ1v) is 9.11. The summed E-state index contributed by atoms with van der Waals surface area (Å²) >= 11 is 3.21. The summed E-state index contributed by atoms with van der Waals surface area (Å²) in [6.45, 7) is 3.71. The zero-order chi connectivity index (χ0) is 21.0. The molecule has 28 heavy (non-hydrogen) atoms. The summed E-state index contributed by atoms with van der Waals surface area (Å²) in [7, 11) is 1.08. The Labute approximate surface area is 170 Å². The van der Waals surface area contributed by atoms with E-state index in [9.17, 15) is 24.6 Å². The van der Waals surface area contributed by atoms with Gasteiger partial charge in [0.2, 0.25) is 0 Å². The van der Waals surface area contributed by atoms with Gasteiger partial charge in [-0.1, -0.05) is 29.8 Å². The molecule has 2 N–H and O–H groups in total. The van der Waals surface area contributed by atoms with Crippen LogP contribution in [-0.4, -0.2) is 41.7 Å². The molecule has 0 spiro atoms. The number of rotatable bonds is 6. The molecule has 2 rings (SSSR count). The molecule has 0 aliphatic rings. The van der Waals surface area contributed by atoms with Crippen LogP contribution in [0.2, 0.25) is 0 Å². The Morgan fingerprint density at radius 3 is 2.21 bits per heavy atom. The smallest absolute Gasteiger partial charge is 0.342 e. The summed E-state index contributed by atoms with van der Waals surface area (Å²) < 4.78 is 10.4. The van der Waals surface area contributed by atoms with E-state index in [0.29, 0.717) is 4.47 Å². The number of esters is 2. The van der Waals surface area contributed by atoms with E-state index in [1.54, 1.807) is 6.07 Å². The van der Waals surface area contributed by atoms with Crippen LogP contribution in [-0.2, 0) is 9.47 Å². The average molecular weight is 451 g/mol. The quantitative estimate of drug-likeness (QED) is 0.509. The van der Waals surface area contributed by atoms with E-state index in [4.69, 9.17) is 9.47 Å². The lowest BCUT2D eigenvalue weighted by molar-refractivity contribution is 0.0441. The molecule has 7 nitrogen and oxygen atoms in total. The van der Waals surface area contributed by atoms with E-state index >= 15 is 0 Å². The molecule has 2 aromatic rings. The first kappa shape index (κ1) is 21.4. The number of phenolic OH excluding ortho intramolecular Hbond substituents is 2. The van der Waals surface area contributed by atoms with Gasteiger partial charge in [-0.2, -0.15) is 0 Å². The van der Waals surface area contributed by atoms with Crippen LogP contribution >= 0.6 is 15.9 Å². The molecule has 2 aromatic carbocycles. The predicted molar refractivity (Wildman–Crippen MR) is 104 cm³/mol. The molecule has 0 aliphatic heterocycles. The SMILES string of the molecule is COC(=O)c1c(C(=O)c2cc(Br)ccc2O)ccc(O)c1C(=O)OCC(C)C. The molecular weight excluding hydrogens is 432 g/mol. The first-order valence-electron chi connectivity index (χ1n) is 8.32. The van der Waals surface area contributed by atoms with E-state index in [-0.39, 0.29) is 29.4 Å². The minimum Gasteiger partial charge on any atom is -0.507 e. The predicted octanol–water partition coefficient (Wildman–Crippen LogP) is 3.69. The number of hydrogen-bond donors (Lipinski definition) is 2. The van der Waals surface area contributed by atoms with Crippen molar-refractivity contribution < 1.29 is 34.1 Å². The zero-order valence-corrected chi connectivity index (χ0v) is 17.1. The highest BCUT2D eigenvalue weighted by Crippen LogP contribution is 2.31. The molecule has 148 valence electrons. The fraction of sp³-hybridized carbons (Fsp3) is 0.250. The normalized spacial score (nSPS) is 10.6. The number of benzene rings is 2. The van der Waals surface area contributed by atoms with Crippen molar-refractivity contribution in [3.8, 4) is 11.5 Å². The summed E-state index contributed by atoms with van der Waals surface area (Å²) in [5.41, 5.74) is -1.20. The molecule has 0 radical (unpaired) electrons. The topological polar surface area (TPSA) is 110 Å². The molecule has 0 saturated heterocycles. The Kier molecular flexibility index (Phi) is 6.80. The van der Waals surface area contributed by atoms with Crippen LogP contribution in [0.5, 0.6) is 11.5 Å². The Morgan fingerprint density at radius 1 is 0.964 bits per heavy atom. The molecule has 0 saturated carbocycles. The highest BCUT2D eigenvalue weighted by Gasteiger charge is 2.30. The van der Waals surface area contributed by atoms with Gasteiger partial charge in [-0.25, -0.2) is 9.59 Å². The van der Waals surface area contributed by atoms with Crippen molar-refractivity contribution in [1.82, 2.24) is 0 Å². The second-order valence-corrected chi connectivity index (χ2v) is 7.27. The van der Waals surface area contributed by atoms with Gasteiger partial charge < -0.3 is 19.7 Å². The number of carbonyl (C=O) groups is 3. The summed E-state index contributed by atoms with van der Waals surface area (Å²) in [5, 5.41) is 20.2. The van der Waals surface area contributed by atoms with Gasteiger partial charge in [-0.15, -0.1) is 0 Å². The van der Waals surface area contributed by atoms with Gasteiger partial charge in [0.15, 0.2) is 5.78 Å². The molecule has 0 atom stereocenters. The number of hydrogen-bond acceptors (Lipinski definition) is 7. The minimum atomic E-state index is -0.995. The third-order valence-electron chi connectivity index (χ3n) is 3.77. The lowest BCUT2D eigenvalue weighted by atomic mass is 9.93. The maximum Gasteiger partial charge on any atom is 0.342 e. The van der Waals surface area contributed by atoms with Gasteiger partial charge >= 0.3 is 11.9 Å². The van der Waals surface area contributed by atoms with Crippen molar-refractivity contribution in [2.45, 2.75) is 13.8 Å². The second-order valence-electron chi connectivity index (χ2n) is 6.36. The summed E-state index contributed by atoms with van der Waals surface area (Å²) in [5.74, 6) is -3.48. The minimum absolute atomic E-state index is 0.0242. The highest BCUT2D eigenvalue weighted by atomic mass is 79.9. The summed E-state index contributed by atoms with van der Waals surface area (Å²) in [4.78, 5) is 37.8. The summed E-state index contributed by atoms with van der Waals surface area (Å²) in [6.07, 6.45) is 0. The Hall–Kier alpha value is -2.87. The zero-order valence-electron chi connectivity index (χ0n) is 15.5. The van der Waals surface area contributed by atoms with Crippen LogP contribution < -0.4 is 0 Å². The van der Waals surface area contributed by atoms with Crippen LogP contribution in [0.4, 0.5) is 0 Å². The lowest BCUT2D eigenvalue weighted by Crippen LogP contribution is -2.19. The van der Waals surface area contributed by atoms with Gasteiger partial charge in [-0.3, -0.25) is 4.79 Å². The summed E-state index contributed by atoms with van der Waals surface area (Å²) in [6, 6.07) is 6.53. The maximum absolute atomic E-state index is 13.0. The third-order valence-corrected chi connectivity index (χ3v) is 4.27. The number of ketones is 1. The number of methoxy groups -OCH3 is 1. The van der Waals surface area contributed by atoms with E-state index in [1.165, 1.54) is 18.2 Å². The Balaban J connectivity index is 2.66. The van der Waals surface area contributed by atoms with Crippen LogP contribution in [0.1, 0.15) is 50.5 Å². The van der Waals surface area contributed by atoms with Crippen molar-refractivity contribution in [2.24, 2.45) is 5.92 Å². The molecule has 0 fully saturated rings. The van der Waals surface area contributed by atoms with Crippen molar-refractivity contribution in [3.63, 3.8) is 0 Å². The Morgan fingerprint density at radius 2 is 1.61 bits per heavy atom. The molecule has 0 heterocycles.